The Morgan fingerprint density at radius 1 is 0.865 bits per heavy atom. The summed E-state index contributed by atoms with van der Waals surface area (Å²) in [6.45, 7) is 1.36. The minimum Gasteiger partial charge on any atom is -0.355 e. The number of pyridine rings is 1. The molecule has 7 nitrogen and oxygen atoms in total. The number of nitrogens with zero attached hydrogens (tertiary/aromatic N) is 1. The molecule has 0 fully saturated rings. The maximum Gasteiger partial charge on any atom is 0.455 e. The van der Waals surface area contributed by atoms with E-state index in [1.54, 1.807) is 36.4 Å². The second-order valence-electron chi connectivity index (χ2n) is 8.59. The Morgan fingerprint density at radius 3 is 2.22 bits per heavy atom. The third-order valence-electron chi connectivity index (χ3n) is 6.18. The summed E-state index contributed by atoms with van der Waals surface area (Å²) in [5, 5.41) is 5.82. The number of carbonyl (C=O) groups is 3. The Kier molecular flexibility index (Phi) is 5.47. The molecule has 4 aromatic rings. The molecule has 2 N–H and O–H groups in total. The van der Waals surface area contributed by atoms with Crippen LogP contribution in [0.4, 0.5) is 30.2 Å². The van der Waals surface area contributed by atoms with E-state index in [1.807, 2.05) is 0 Å². The number of hydrogen-bond acceptors (Lipinski definition) is 5. The minimum absolute atomic E-state index is 0.0305. The van der Waals surface area contributed by atoms with E-state index in [1.165, 1.54) is 38.2 Å². The van der Waals surface area contributed by atoms with E-state index in [-0.39, 0.29) is 44.8 Å². The van der Waals surface area contributed by atoms with Gasteiger partial charge in [0.25, 0.3) is 11.3 Å². The van der Waals surface area contributed by atoms with Gasteiger partial charge in [0, 0.05) is 41.9 Å². The molecule has 0 radical (unpaired) electrons. The van der Waals surface area contributed by atoms with Crippen molar-refractivity contribution in [3.05, 3.63) is 87.7 Å². The van der Waals surface area contributed by atoms with Crippen LogP contribution in [0.15, 0.2) is 65.5 Å². The van der Waals surface area contributed by atoms with Gasteiger partial charge < -0.3 is 15.2 Å². The largest absolute Gasteiger partial charge is 0.455 e. The van der Waals surface area contributed by atoms with Gasteiger partial charge in [-0.15, -0.1) is 0 Å². The SMILES string of the molecule is CC(=O)Nc1cccc(Nc2ccc3c4c2C(=O)c2ccccc2-c4c(C(=O)C(F)(F)F)c(=O)n3C)c1. The number of rotatable bonds is 4. The highest BCUT2D eigenvalue weighted by molar-refractivity contribution is 6.30. The Labute approximate surface area is 207 Å². The second-order valence-corrected chi connectivity index (χ2v) is 8.59. The third-order valence-corrected chi connectivity index (χ3v) is 6.18. The van der Waals surface area contributed by atoms with Crippen LogP contribution in [0.2, 0.25) is 0 Å². The van der Waals surface area contributed by atoms with Gasteiger partial charge in [-0.2, -0.15) is 13.2 Å². The van der Waals surface area contributed by atoms with E-state index < -0.39 is 28.9 Å². The van der Waals surface area contributed by atoms with Gasteiger partial charge in [-0.3, -0.25) is 19.2 Å². The van der Waals surface area contributed by atoms with Gasteiger partial charge in [-0.1, -0.05) is 30.3 Å². The molecule has 186 valence electrons. The molecule has 37 heavy (non-hydrogen) atoms. The lowest BCUT2D eigenvalue weighted by atomic mass is 9.80. The average molecular weight is 505 g/mol. The smallest absolute Gasteiger partial charge is 0.355 e. The van der Waals surface area contributed by atoms with Crippen LogP contribution in [0.25, 0.3) is 22.0 Å². The summed E-state index contributed by atoms with van der Waals surface area (Å²) in [6.07, 6.45) is -5.30. The van der Waals surface area contributed by atoms with Crippen LogP contribution in [0.5, 0.6) is 0 Å². The number of alkyl halides is 3. The highest BCUT2D eigenvalue weighted by atomic mass is 19.4. The number of benzene rings is 3. The second kappa shape index (κ2) is 8.44. The lowest BCUT2D eigenvalue weighted by Crippen LogP contribution is -2.34. The van der Waals surface area contributed by atoms with Crippen LogP contribution in [0.1, 0.15) is 33.2 Å². The van der Waals surface area contributed by atoms with Crippen molar-refractivity contribution in [1.29, 1.82) is 0 Å². The molecule has 1 aliphatic carbocycles. The van der Waals surface area contributed by atoms with Gasteiger partial charge in [0.1, 0.15) is 5.56 Å². The average Bonchev–Trinajstić information content (AvgIpc) is 2.84. The van der Waals surface area contributed by atoms with Crippen molar-refractivity contribution in [3.8, 4) is 11.1 Å². The fourth-order valence-corrected chi connectivity index (χ4v) is 4.66. The van der Waals surface area contributed by atoms with Crippen molar-refractivity contribution in [2.45, 2.75) is 13.1 Å². The third kappa shape index (κ3) is 3.86. The predicted molar refractivity (Wildman–Crippen MR) is 132 cm³/mol. The molecule has 10 heteroatoms. The van der Waals surface area contributed by atoms with Gasteiger partial charge in [0.2, 0.25) is 5.91 Å². The molecule has 0 aliphatic heterocycles. The Bertz CT molecular complexity index is 1720. The van der Waals surface area contributed by atoms with Crippen molar-refractivity contribution in [2.24, 2.45) is 7.05 Å². The predicted octanol–water partition coefficient (Wildman–Crippen LogP) is 5.20. The van der Waals surface area contributed by atoms with Gasteiger partial charge in [-0.25, -0.2) is 0 Å². The first-order valence-corrected chi connectivity index (χ1v) is 11.1. The van der Waals surface area contributed by atoms with Crippen LogP contribution >= 0.6 is 0 Å². The first kappa shape index (κ1) is 24.0. The van der Waals surface area contributed by atoms with E-state index >= 15 is 0 Å². The quantitative estimate of drug-likeness (QED) is 0.328. The molecule has 0 bridgehead atoms. The van der Waals surface area contributed by atoms with Gasteiger partial charge in [0.15, 0.2) is 5.78 Å². The maximum absolute atomic E-state index is 13.7. The Balaban J connectivity index is 1.84. The van der Waals surface area contributed by atoms with Crippen molar-refractivity contribution in [3.63, 3.8) is 0 Å². The number of hydrogen-bond donors (Lipinski definition) is 2. The fourth-order valence-electron chi connectivity index (χ4n) is 4.66. The van der Waals surface area contributed by atoms with E-state index in [2.05, 4.69) is 10.6 Å². The molecular formula is C27H18F3N3O4. The number of Topliss-reactive ketones (excluding diaryl/α,β-unsaturated/α-hetero) is 1. The molecular weight excluding hydrogens is 487 g/mol. The van der Waals surface area contributed by atoms with Crippen molar-refractivity contribution in [2.75, 3.05) is 10.6 Å². The van der Waals surface area contributed by atoms with Crippen molar-refractivity contribution < 1.29 is 27.6 Å². The van der Waals surface area contributed by atoms with E-state index in [9.17, 15) is 32.3 Å². The lowest BCUT2D eigenvalue weighted by Gasteiger charge is -2.25. The molecule has 3 aromatic carbocycles. The van der Waals surface area contributed by atoms with Crippen LogP contribution < -0.4 is 16.2 Å². The zero-order valence-electron chi connectivity index (χ0n) is 19.5. The normalized spacial score (nSPS) is 12.3. The molecule has 5 rings (SSSR count). The number of amides is 1. The molecule has 0 unspecified atom stereocenters. The Hall–Kier alpha value is -4.73. The summed E-state index contributed by atoms with van der Waals surface area (Å²) < 4.78 is 41.8. The zero-order valence-corrected chi connectivity index (χ0v) is 19.5. The van der Waals surface area contributed by atoms with Crippen LogP contribution in [-0.2, 0) is 11.8 Å². The number of ketones is 2. The first-order chi connectivity index (χ1) is 17.5. The molecule has 0 atom stereocenters. The summed E-state index contributed by atoms with van der Waals surface area (Å²) in [5.74, 6) is -3.03. The summed E-state index contributed by atoms with van der Waals surface area (Å²) in [7, 11) is 1.26. The monoisotopic (exact) mass is 505 g/mol. The maximum atomic E-state index is 13.7. The highest BCUT2D eigenvalue weighted by Gasteiger charge is 2.44. The van der Waals surface area contributed by atoms with Crippen molar-refractivity contribution in [1.82, 2.24) is 4.57 Å². The number of nitrogens with one attached hydrogen (secondary N) is 2. The number of anilines is 3. The highest BCUT2D eigenvalue weighted by Crippen LogP contribution is 2.44. The number of halogens is 3. The number of aryl methyl sites for hydroxylation is 1. The van der Waals surface area contributed by atoms with Crippen LogP contribution in [0.3, 0.4) is 0 Å². The molecule has 1 aliphatic rings. The molecule has 1 aromatic heterocycles. The summed E-state index contributed by atoms with van der Waals surface area (Å²) in [5.41, 5.74) is -0.730. The summed E-state index contributed by atoms with van der Waals surface area (Å²) in [6, 6.07) is 15.7. The van der Waals surface area contributed by atoms with Crippen molar-refractivity contribution >= 4 is 45.4 Å². The van der Waals surface area contributed by atoms with E-state index in [0.717, 1.165) is 4.57 Å². The van der Waals surface area contributed by atoms with E-state index in [0.29, 0.717) is 11.4 Å². The topological polar surface area (TPSA) is 97.3 Å². The van der Waals surface area contributed by atoms with Gasteiger partial charge in [-0.05, 0) is 35.9 Å². The number of fused-ring (bicyclic) bond motifs is 2. The van der Waals surface area contributed by atoms with Gasteiger partial charge >= 0.3 is 6.18 Å². The molecule has 1 amide bonds. The Morgan fingerprint density at radius 2 is 1.54 bits per heavy atom. The first-order valence-electron chi connectivity index (χ1n) is 11.1. The molecule has 0 spiro atoms. The van der Waals surface area contributed by atoms with Crippen LogP contribution in [0, 0.1) is 0 Å². The zero-order chi connectivity index (χ0) is 26.6. The molecule has 1 heterocycles. The fraction of sp³-hybridized carbons (Fsp3) is 0.111. The van der Waals surface area contributed by atoms with Gasteiger partial charge in [0.05, 0.1) is 16.8 Å². The van der Waals surface area contributed by atoms with Crippen LogP contribution in [-0.4, -0.2) is 28.2 Å². The summed E-state index contributed by atoms with van der Waals surface area (Å²) >= 11 is 0. The molecule has 0 saturated carbocycles. The molecule has 0 saturated heterocycles. The standard InChI is InChI=1S/C27H18F3N3O4/c1-13(34)31-14-6-5-7-15(12-14)32-18-10-11-19-22-20(16-8-3-4-9-17(16)24(35)21(18)22)23(26(37)33(19)2)25(36)27(28,29)30/h3-12,32H,1-2H3,(H,31,34). The minimum atomic E-state index is -5.30. The number of aromatic nitrogens is 1. The summed E-state index contributed by atoms with van der Waals surface area (Å²) in [4.78, 5) is 50.7. The van der Waals surface area contributed by atoms with E-state index in [4.69, 9.17) is 0 Å². The number of carbonyl (C=O) groups excluding carboxylic acids is 3. The lowest BCUT2D eigenvalue weighted by molar-refractivity contribution is -0.114.